The summed E-state index contributed by atoms with van der Waals surface area (Å²) in [7, 11) is -3.61. The highest BCUT2D eigenvalue weighted by atomic mass is 32.2. The summed E-state index contributed by atoms with van der Waals surface area (Å²) in [5.74, 6) is -0.162. The van der Waals surface area contributed by atoms with Crippen molar-refractivity contribution in [2.45, 2.75) is 56.3 Å². The summed E-state index contributed by atoms with van der Waals surface area (Å²) in [5.41, 5.74) is -0.269. The molecule has 31 heavy (non-hydrogen) atoms. The first-order valence-electron chi connectivity index (χ1n) is 11.5. The summed E-state index contributed by atoms with van der Waals surface area (Å²) in [5, 5.41) is 3.05. The van der Waals surface area contributed by atoms with Crippen molar-refractivity contribution < 1.29 is 18.0 Å². The zero-order chi connectivity index (χ0) is 21.9. The van der Waals surface area contributed by atoms with Crippen molar-refractivity contribution in [1.82, 2.24) is 14.5 Å². The number of rotatable bonds is 7. The standard InChI is InChI=1S/C23H33N3O4S/c27-21-11-7-15-25(21)16-8-14-24-22(28)20-17-26(18-23(20)12-5-2-6-13-23)31(29,30)19-9-3-1-4-10-19/h1,3-4,9-10,20H,2,5-8,11-18H2,(H,24,28). The maximum atomic E-state index is 13.2. The topological polar surface area (TPSA) is 86.8 Å². The van der Waals surface area contributed by atoms with E-state index in [1.807, 2.05) is 4.90 Å². The van der Waals surface area contributed by atoms with Gasteiger partial charge in [0.1, 0.15) is 0 Å². The Morgan fingerprint density at radius 1 is 1.10 bits per heavy atom. The molecule has 2 amide bonds. The minimum Gasteiger partial charge on any atom is -0.356 e. The van der Waals surface area contributed by atoms with Crippen LogP contribution in [-0.4, -0.2) is 62.2 Å². The highest BCUT2D eigenvalue weighted by Crippen LogP contribution is 2.48. The quantitative estimate of drug-likeness (QED) is 0.650. The van der Waals surface area contributed by atoms with Crippen LogP contribution in [0.1, 0.15) is 51.4 Å². The minimum absolute atomic E-state index is 0.0413. The Morgan fingerprint density at radius 3 is 2.52 bits per heavy atom. The summed E-state index contributed by atoms with van der Waals surface area (Å²) in [6.45, 7) is 2.66. The Balaban J connectivity index is 1.42. The molecule has 2 aliphatic heterocycles. The molecule has 8 heteroatoms. The second-order valence-electron chi connectivity index (χ2n) is 9.22. The maximum Gasteiger partial charge on any atom is 0.243 e. The van der Waals surface area contributed by atoms with Gasteiger partial charge in [-0.1, -0.05) is 37.5 Å². The molecule has 2 saturated heterocycles. The lowest BCUT2D eigenvalue weighted by Crippen LogP contribution is -2.43. The molecule has 1 aromatic carbocycles. The Bertz CT molecular complexity index is 897. The zero-order valence-corrected chi connectivity index (χ0v) is 18.9. The van der Waals surface area contributed by atoms with Crippen LogP contribution in [-0.2, 0) is 19.6 Å². The van der Waals surface area contributed by atoms with Crippen molar-refractivity contribution in [3.63, 3.8) is 0 Å². The fourth-order valence-corrected chi connectivity index (χ4v) is 7.09. The molecule has 1 unspecified atom stereocenters. The molecule has 4 rings (SSSR count). The van der Waals surface area contributed by atoms with Crippen LogP contribution in [0.4, 0.5) is 0 Å². The van der Waals surface area contributed by atoms with Crippen LogP contribution in [0.3, 0.4) is 0 Å². The van der Waals surface area contributed by atoms with Gasteiger partial charge in [0.15, 0.2) is 0 Å². The number of sulfonamides is 1. The zero-order valence-electron chi connectivity index (χ0n) is 18.1. The normalized spacial score (nSPS) is 24.1. The van der Waals surface area contributed by atoms with Gasteiger partial charge in [0, 0.05) is 39.1 Å². The van der Waals surface area contributed by atoms with Gasteiger partial charge in [-0.2, -0.15) is 4.31 Å². The van der Waals surface area contributed by atoms with E-state index in [0.717, 1.165) is 51.5 Å². The number of nitrogens with one attached hydrogen (secondary N) is 1. The van der Waals surface area contributed by atoms with Gasteiger partial charge in [-0.15, -0.1) is 0 Å². The van der Waals surface area contributed by atoms with E-state index in [2.05, 4.69) is 5.32 Å². The summed E-state index contributed by atoms with van der Waals surface area (Å²) >= 11 is 0. The molecular formula is C23H33N3O4S. The third-order valence-electron chi connectivity index (χ3n) is 7.24. The lowest BCUT2D eigenvalue weighted by atomic mass is 9.67. The number of hydrogen-bond acceptors (Lipinski definition) is 4. The Kier molecular flexibility index (Phi) is 6.67. The average molecular weight is 448 g/mol. The fourth-order valence-electron chi connectivity index (χ4n) is 5.52. The molecule has 1 saturated carbocycles. The van der Waals surface area contributed by atoms with Gasteiger partial charge in [-0.05, 0) is 43.2 Å². The molecule has 1 N–H and O–H groups in total. The molecule has 1 aliphatic carbocycles. The van der Waals surface area contributed by atoms with Crippen molar-refractivity contribution in [3.8, 4) is 0 Å². The van der Waals surface area contributed by atoms with Gasteiger partial charge < -0.3 is 10.2 Å². The van der Waals surface area contributed by atoms with Gasteiger partial charge in [-0.25, -0.2) is 8.42 Å². The number of nitrogens with zero attached hydrogens (tertiary/aromatic N) is 2. The van der Waals surface area contributed by atoms with Gasteiger partial charge in [-0.3, -0.25) is 9.59 Å². The smallest absolute Gasteiger partial charge is 0.243 e. The van der Waals surface area contributed by atoms with E-state index in [4.69, 9.17) is 0 Å². The number of carbonyl (C=O) groups is 2. The van der Waals surface area contributed by atoms with Crippen LogP contribution in [0, 0.1) is 11.3 Å². The van der Waals surface area contributed by atoms with Crippen LogP contribution in [0.25, 0.3) is 0 Å². The molecule has 3 fully saturated rings. The molecule has 3 aliphatic rings. The second-order valence-corrected chi connectivity index (χ2v) is 11.2. The number of hydrogen-bond donors (Lipinski definition) is 1. The highest BCUT2D eigenvalue weighted by Gasteiger charge is 2.53. The van der Waals surface area contributed by atoms with Gasteiger partial charge in [0.2, 0.25) is 21.8 Å². The molecule has 0 aromatic heterocycles. The van der Waals surface area contributed by atoms with Gasteiger partial charge in [0.05, 0.1) is 10.8 Å². The van der Waals surface area contributed by atoms with Crippen molar-refractivity contribution in [3.05, 3.63) is 30.3 Å². The Hall–Kier alpha value is -1.93. The summed E-state index contributed by atoms with van der Waals surface area (Å²) in [4.78, 5) is 27.1. The number of benzene rings is 1. The molecule has 2 heterocycles. The van der Waals surface area contributed by atoms with Crippen LogP contribution in [0.5, 0.6) is 0 Å². The third-order valence-corrected chi connectivity index (χ3v) is 9.06. The molecule has 7 nitrogen and oxygen atoms in total. The predicted molar refractivity (Wildman–Crippen MR) is 118 cm³/mol. The predicted octanol–water partition coefficient (Wildman–Crippen LogP) is 2.39. The largest absolute Gasteiger partial charge is 0.356 e. The molecule has 1 atom stereocenters. The SMILES string of the molecule is O=C(NCCCN1CCCC1=O)C1CN(S(=O)(=O)c2ccccc2)CC12CCCCC2. The molecule has 1 aromatic rings. The maximum absolute atomic E-state index is 13.2. The van der Waals surface area contributed by atoms with E-state index in [9.17, 15) is 18.0 Å². The minimum atomic E-state index is -3.61. The first-order valence-corrected chi connectivity index (χ1v) is 13.0. The van der Waals surface area contributed by atoms with Crippen LogP contribution in [0.2, 0.25) is 0 Å². The van der Waals surface area contributed by atoms with Crippen molar-refractivity contribution >= 4 is 21.8 Å². The van der Waals surface area contributed by atoms with Crippen molar-refractivity contribution in [2.24, 2.45) is 11.3 Å². The first-order chi connectivity index (χ1) is 14.9. The van der Waals surface area contributed by atoms with Crippen molar-refractivity contribution in [2.75, 3.05) is 32.7 Å². The van der Waals surface area contributed by atoms with Crippen LogP contribution < -0.4 is 5.32 Å². The first kappa shape index (κ1) is 22.3. The van der Waals surface area contributed by atoms with E-state index in [-0.39, 0.29) is 34.6 Å². The number of carbonyl (C=O) groups excluding carboxylic acids is 2. The average Bonchev–Trinajstić information content (AvgIpc) is 3.36. The lowest BCUT2D eigenvalue weighted by Gasteiger charge is -2.37. The van der Waals surface area contributed by atoms with E-state index in [1.165, 1.54) is 4.31 Å². The monoisotopic (exact) mass is 447 g/mol. The van der Waals surface area contributed by atoms with E-state index < -0.39 is 10.0 Å². The van der Waals surface area contributed by atoms with Gasteiger partial charge in [0.25, 0.3) is 0 Å². The van der Waals surface area contributed by atoms with E-state index in [1.54, 1.807) is 30.3 Å². The molecule has 0 radical (unpaired) electrons. The lowest BCUT2D eigenvalue weighted by molar-refractivity contribution is -0.128. The molecular weight excluding hydrogens is 414 g/mol. The van der Waals surface area contributed by atoms with E-state index >= 15 is 0 Å². The number of amides is 2. The Morgan fingerprint density at radius 2 is 1.84 bits per heavy atom. The fraction of sp³-hybridized carbons (Fsp3) is 0.652. The van der Waals surface area contributed by atoms with Gasteiger partial charge >= 0.3 is 0 Å². The summed E-state index contributed by atoms with van der Waals surface area (Å²) in [6, 6.07) is 8.51. The van der Waals surface area contributed by atoms with Crippen LogP contribution >= 0.6 is 0 Å². The molecule has 0 bridgehead atoms. The van der Waals surface area contributed by atoms with Crippen LogP contribution in [0.15, 0.2) is 35.2 Å². The molecule has 1 spiro atoms. The summed E-state index contributed by atoms with van der Waals surface area (Å²) < 4.78 is 28.0. The third kappa shape index (κ3) is 4.65. The highest BCUT2D eigenvalue weighted by molar-refractivity contribution is 7.89. The second kappa shape index (κ2) is 9.28. The van der Waals surface area contributed by atoms with E-state index in [0.29, 0.717) is 26.1 Å². The number of likely N-dealkylation sites (tertiary alicyclic amines) is 1. The summed E-state index contributed by atoms with van der Waals surface area (Å²) in [6.07, 6.45) is 7.29. The molecule has 170 valence electrons. The van der Waals surface area contributed by atoms with Crippen molar-refractivity contribution in [1.29, 1.82) is 0 Å². The Labute approximate surface area is 185 Å².